The van der Waals surface area contributed by atoms with E-state index >= 15 is 0 Å². The van der Waals surface area contributed by atoms with Crippen LogP contribution < -0.4 is 15.4 Å². The van der Waals surface area contributed by atoms with Crippen LogP contribution in [0.2, 0.25) is 5.02 Å². The van der Waals surface area contributed by atoms with E-state index in [-0.39, 0.29) is 36.5 Å². The number of hydrogen-bond donors (Lipinski definition) is 3. The van der Waals surface area contributed by atoms with Crippen LogP contribution in [0.3, 0.4) is 0 Å². The highest BCUT2D eigenvalue weighted by molar-refractivity contribution is 7.89. The maximum absolute atomic E-state index is 12.3. The number of aromatic nitrogens is 4. The van der Waals surface area contributed by atoms with Gasteiger partial charge in [-0.1, -0.05) is 25.4 Å². The molecule has 0 aliphatic carbocycles. The number of fused-ring (bicyclic) bond motifs is 1. The summed E-state index contributed by atoms with van der Waals surface area (Å²) < 4.78 is 40.7. The van der Waals surface area contributed by atoms with Gasteiger partial charge < -0.3 is 20.1 Å². The lowest BCUT2D eigenvalue weighted by Gasteiger charge is -2.19. The Labute approximate surface area is 185 Å². The van der Waals surface area contributed by atoms with Crippen molar-refractivity contribution in [3.05, 3.63) is 23.6 Å². The highest BCUT2D eigenvalue weighted by atomic mass is 35.5. The molecule has 4 heterocycles. The largest absolute Gasteiger partial charge is 0.371 e. The van der Waals surface area contributed by atoms with E-state index in [1.165, 1.54) is 6.20 Å². The van der Waals surface area contributed by atoms with Gasteiger partial charge in [-0.05, 0) is 5.92 Å². The third-order valence-electron chi connectivity index (χ3n) is 4.96. The minimum atomic E-state index is -3.41. The minimum Gasteiger partial charge on any atom is -0.371 e. The molecule has 0 amide bonds. The standard InChI is InChI=1S/C18H26ClN7O4S/c1-10(2)9-31(27,28)25-14-8-30-15-13(7-29-16(14)15)23-17-12(19)5-20-18(24-17)22-11-4-21-26(3)6-11/h4-6,10,13-16,25H,7-9H2,1-3H3,(H2,20,22,23,24)/t13-,14+,15?,16?/m1/s1. The summed E-state index contributed by atoms with van der Waals surface area (Å²) in [5.74, 6) is 0.891. The second kappa shape index (κ2) is 8.87. The normalized spacial score (nSPS) is 25.7. The van der Waals surface area contributed by atoms with Gasteiger partial charge in [-0.25, -0.2) is 18.1 Å². The molecular formula is C18H26ClN7O4S. The molecule has 0 bridgehead atoms. The molecule has 11 nitrogen and oxygen atoms in total. The molecule has 0 saturated carbocycles. The van der Waals surface area contributed by atoms with Crippen molar-refractivity contribution in [3.63, 3.8) is 0 Å². The van der Waals surface area contributed by atoms with Crippen LogP contribution in [0.15, 0.2) is 18.6 Å². The van der Waals surface area contributed by atoms with Crippen molar-refractivity contribution in [2.75, 3.05) is 29.6 Å². The molecule has 4 rings (SSSR count). The van der Waals surface area contributed by atoms with Gasteiger partial charge in [-0.2, -0.15) is 10.1 Å². The Kier molecular flexibility index (Phi) is 6.35. The molecule has 4 atom stereocenters. The molecular weight excluding hydrogens is 446 g/mol. The van der Waals surface area contributed by atoms with E-state index in [1.807, 2.05) is 20.9 Å². The Morgan fingerprint density at radius 3 is 2.61 bits per heavy atom. The van der Waals surface area contributed by atoms with Crippen molar-refractivity contribution >= 4 is 39.1 Å². The van der Waals surface area contributed by atoms with Gasteiger partial charge in [0.05, 0.1) is 49.1 Å². The summed E-state index contributed by atoms with van der Waals surface area (Å²) in [6, 6.07) is -0.660. The van der Waals surface area contributed by atoms with Crippen LogP contribution in [0.25, 0.3) is 0 Å². The van der Waals surface area contributed by atoms with Crippen LogP contribution in [0, 0.1) is 5.92 Å². The van der Waals surface area contributed by atoms with Crippen molar-refractivity contribution in [1.29, 1.82) is 0 Å². The fourth-order valence-electron chi connectivity index (χ4n) is 3.76. The summed E-state index contributed by atoms with van der Waals surface area (Å²) in [4.78, 5) is 8.63. The van der Waals surface area contributed by atoms with E-state index in [0.29, 0.717) is 23.4 Å². The minimum absolute atomic E-state index is 0.0314. The smallest absolute Gasteiger partial charge is 0.229 e. The van der Waals surface area contributed by atoms with E-state index < -0.39 is 16.1 Å². The summed E-state index contributed by atoms with van der Waals surface area (Å²) in [7, 11) is -1.59. The first kappa shape index (κ1) is 22.2. The lowest BCUT2D eigenvalue weighted by atomic mass is 10.1. The average Bonchev–Trinajstić information content (AvgIpc) is 3.36. The highest BCUT2D eigenvalue weighted by Crippen LogP contribution is 2.31. The van der Waals surface area contributed by atoms with Crippen LogP contribution in [-0.2, 0) is 26.5 Å². The lowest BCUT2D eigenvalue weighted by Crippen LogP contribution is -2.45. The van der Waals surface area contributed by atoms with Gasteiger partial charge in [-0.3, -0.25) is 4.68 Å². The number of hydrogen-bond acceptors (Lipinski definition) is 9. The van der Waals surface area contributed by atoms with Gasteiger partial charge in [-0.15, -0.1) is 0 Å². The van der Waals surface area contributed by atoms with Gasteiger partial charge in [0, 0.05) is 13.2 Å². The number of aryl methyl sites for hydroxylation is 1. The maximum Gasteiger partial charge on any atom is 0.229 e. The summed E-state index contributed by atoms with van der Waals surface area (Å²) in [5, 5.41) is 10.8. The molecule has 2 saturated heterocycles. The van der Waals surface area contributed by atoms with Crippen LogP contribution in [0.4, 0.5) is 17.5 Å². The average molecular weight is 472 g/mol. The SMILES string of the molecule is CC(C)CS(=O)(=O)N[C@H]1COC2C1OC[C@H]2Nc1nc(Nc2cnn(C)c2)ncc1Cl. The number of nitrogens with zero attached hydrogens (tertiary/aromatic N) is 4. The quantitative estimate of drug-likeness (QED) is 0.518. The Balaban J connectivity index is 1.41. The lowest BCUT2D eigenvalue weighted by molar-refractivity contribution is 0.0690. The molecule has 0 spiro atoms. The Bertz CT molecular complexity index is 1030. The first-order chi connectivity index (χ1) is 14.7. The Morgan fingerprint density at radius 1 is 1.23 bits per heavy atom. The molecule has 2 aliphatic heterocycles. The summed E-state index contributed by atoms with van der Waals surface area (Å²) in [6.45, 7) is 4.31. The molecule has 0 aromatic carbocycles. The third kappa shape index (κ3) is 5.26. The third-order valence-corrected chi connectivity index (χ3v) is 7.01. The predicted octanol–water partition coefficient (Wildman–Crippen LogP) is 1.13. The highest BCUT2D eigenvalue weighted by Gasteiger charge is 2.49. The number of nitrogens with one attached hydrogen (secondary N) is 3. The number of ether oxygens (including phenoxy) is 2. The zero-order valence-corrected chi connectivity index (χ0v) is 19.0. The van der Waals surface area contributed by atoms with Gasteiger partial charge in [0.25, 0.3) is 0 Å². The zero-order chi connectivity index (χ0) is 22.2. The van der Waals surface area contributed by atoms with Crippen LogP contribution in [0.5, 0.6) is 0 Å². The molecule has 170 valence electrons. The first-order valence-corrected chi connectivity index (χ1v) is 12.0. The summed E-state index contributed by atoms with van der Waals surface area (Å²) in [5.41, 5.74) is 0.746. The van der Waals surface area contributed by atoms with E-state index in [1.54, 1.807) is 17.1 Å². The van der Waals surface area contributed by atoms with E-state index in [0.717, 1.165) is 5.69 Å². The van der Waals surface area contributed by atoms with E-state index in [4.69, 9.17) is 21.1 Å². The topological polar surface area (TPSA) is 132 Å². The number of halogens is 1. The molecule has 13 heteroatoms. The molecule has 31 heavy (non-hydrogen) atoms. The van der Waals surface area contributed by atoms with Gasteiger partial charge in [0.15, 0.2) is 5.82 Å². The number of sulfonamides is 1. The van der Waals surface area contributed by atoms with Gasteiger partial charge in [0.2, 0.25) is 16.0 Å². The van der Waals surface area contributed by atoms with Crippen LogP contribution in [0.1, 0.15) is 13.8 Å². The second-order valence-corrected chi connectivity index (χ2v) is 10.4. The number of rotatable bonds is 8. The van der Waals surface area contributed by atoms with Crippen molar-refractivity contribution in [2.45, 2.75) is 38.1 Å². The fraction of sp³-hybridized carbons (Fsp3) is 0.611. The molecule has 2 fully saturated rings. The van der Waals surface area contributed by atoms with Gasteiger partial charge in [0.1, 0.15) is 17.2 Å². The number of anilines is 3. The molecule has 2 unspecified atom stereocenters. The molecule has 3 N–H and O–H groups in total. The fourth-order valence-corrected chi connectivity index (χ4v) is 5.54. The predicted molar refractivity (Wildman–Crippen MR) is 116 cm³/mol. The van der Waals surface area contributed by atoms with E-state index in [9.17, 15) is 8.42 Å². The molecule has 2 aromatic heterocycles. The van der Waals surface area contributed by atoms with Crippen LogP contribution >= 0.6 is 11.6 Å². The van der Waals surface area contributed by atoms with E-state index in [2.05, 4.69) is 30.4 Å². The maximum atomic E-state index is 12.3. The molecule has 2 aromatic rings. The van der Waals surface area contributed by atoms with Crippen molar-refractivity contribution in [3.8, 4) is 0 Å². The van der Waals surface area contributed by atoms with Crippen molar-refractivity contribution < 1.29 is 17.9 Å². The Hall–Kier alpha value is -1.99. The van der Waals surface area contributed by atoms with Crippen molar-refractivity contribution in [1.82, 2.24) is 24.5 Å². The monoisotopic (exact) mass is 471 g/mol. The van der Waals surface area contributed by atoms with Crippen LogP contribution in [-0.4, -0.2) is 71.4 Å². The zero-order valence-electron chi connectivity index (χ0n) is 17.4. The van der Waals surface area contributed by atoms with Crippen molar-refractivity contribution in [2.24, 2.45) is 13.0 Å². The molecule has 0 radical (unpaired) electrons. The Morgan fingerprint density at radius 2 is 1.94 bits per heavy atom. The van der Waals surface area contributed by atoms with Gasteiger partial charge >= 0.3 is 0 Å². The molecule has 2 aliphatic rings. The second-order valence-electron chi connectivity index (χ2n) is 8.16. The summed E-state index contributed by atoms with van der Waals surface area (Å²) >= 11 is 6.28. The summed E-state index contributed by atoms with van der Waals surface area (Å²) in [6.07, 6.45) is 4.25. The first-order valence-electron chi connectivity index (χ1n) is 9.98.